The summed E-state index contributed by atoms with van der Waals surface area (Å²) in [4.78, 5) is 1.05. The van der Waals surface area contributed by atoms with Crippen LogP contribution in [0.1, 0.15) is 10.4 Å². The summed E-state index contributed by atoms with van der Waals surface area (Å²) >= 11 is 13.6. The van der Waals surface area contributed by atoms with Crippen molar-refractivity contribution in [2.75, 3.05) is 6.54 Å². The van der Waals surface area contributed by atoms with Crippen LogP contribution < -0.4 is 10.5 Å². The second-order valence-corrected chi connectivity index (χ2v) is 5.46. The second kappa shape index (κ2) is 6.83. The maximum Gasteiger partial charge on any atom is 0.157 e. The van der Waals surface area contributed by atoms with Gasteiger partial charge in [-0.25, -0.2) is 0 Å². The largest absolute Gasteiger partial charge is 0.485 e. The minimum atomic E-state index is 0.358. The van der Waals surface area contributed by atoms with Crippen LogP contribution in [0.25, 0.3) is 0 Å². The Morgan fingerprint density at radius 1 is 1.26 bits per heavy atom. The Labute approximate surface area is 126 Å². The van der Waals surface area contributed by atoms with Gasteiger partial charge in [-0.05, 0) is 18.2 Å². The normalized spacial score (nSPS) is 9.84. The molecule has 2 N–H and O–H groups in total. The summed E-state index contributed by atoms with van der Waals surface area (Å²) in [6.45, 7) is 0.773. The average molecular weight is 312 g/mol. The van der Waals surface area contributed by atoms with Gasteiger partial charge in [-0.2, -0.15) is 0 Å². The molecule has 1 aromatic heterocycles. The van der Waals surface area contributed by atoms with Crippen LogP contribution in [0.3, 0.4) is 0 Å². The predicted molar refractivity (Wildman–Crippen MR) is 81.0 cm³/mol. The van der Waals surface area contributed by atoms with Crippen molar-refractivity contribution in [3.8, 4) is 17.6 Å². The number of ether oxygens (including phenoxy) is 1. The van der Waals surface area contributed by atoms with Gasteiger partial charge in [-0.1, -0.05) is 41.1 Å². The topological polar surface area (TPSA) is 35.2 Å². The van der Waals surface area contributed by atoms with Crippen molar-refractivity contribution in [1.29, 1.82) is 0 Å². The molecule has 2 nitrogen and oxygen atoms in total. The Hall–Kier alpha value is -1.18. The van der Waals surface area contributed by atoms with Gasteiger partial charge < -0.3 is 10.5 Å². The standard InChI is InChI=1S/C14H11Cl2NOS/c15-12-4-1-5-13(16)14(12)18-8-11-7-10(9-19-11)3-2-6-17/h1,4-5,7,9H,6,8,17H2. The number of para-hydroxylation sites is 1. The average Bonchev–Trinajstić information content (AvgIpc) is 2.84. The van der Waals surface area contributed by atoms with Gasteiger partial charge in [0.15, 0.2) is 5.75 Å². The van der Waals surface area contributed by atoms with E-state index < -0.39 is 0 Å². The zero-order chi connectivity index (χ0) is 13.7. The van der Waals surface area contributed by atoms with Crippen LogP contribution in [0, 0.1) is 11.8 Å². The predicted octanol–water partition coefficient (Wildman–Crippen LogP) is 3.94. The van der Waals surface area contributed by atoms with Crippen LogP contribution in [0.15, 0.2) is 29.6 Å². The van der Waals surface area contributed by atoms with E-state index in [4.69, 9.17) is 33.7 Å². The van der Waals surface area contributed by atoms with Crippen molar-refractivity contribution >= 4 is 34.5 Å². The van der Waals surface area contributed by atoms with E-state index in [1.54, 1.807) is 29.5 Å². The maximum atomic E-state index is 6.03. The van der Waals surface area contributed by atoms with Crippen molar-refractivity contribution in [3.05, 3.63) is 50.1 Å². The molecule has 0 saturated carbocycles. The van der Waals surface area contributed by atoms with E-state index in [2.05, 4.69) is 11.8 Å². The molecule has 2 aromatic rings. The molecule has 0 spiro atoms. The van der Waals surface area contributed by atoms with Crippen LogP contribution in [0.2, 0.25) is 10.0 Å². The van der Waals surface area contributed by atoms with Gasteiger partial charge in [0.1, 0.15) is 6.61 Å². The Kier molecular flexibility index (Phi) is 5.12. The van der Waals surface area contributed by atoms with Gasteiger partial charge in [0, 0.05) is 15.8 Å². The Balaban J connectivity index is 2.04. The summed E-state index contributed by atoms with van der Waals surface area (Å²) < 4.78 is 5.65. The quantitative estimate of drug-likeness (QED) is 0.871. The Bertz CT molecular complexity index is 608. The minimum absolute atomic E-state index is 0.358. The molecule has 1 heterocycles. The highest BCUT2D eigenvalue weighted by Crippen LogP contribution is 2.33. The van der Waals surface area contributed by atoms with Crippen molar-refractivity contribution in [2.24, 2.45) is 5.73 Å². The van der Waals surface area contributed by atoms with E-state index >= 15 is 0 Å². The first kappa shape index (κ1) is 14.2. The summed E-state index contributed by atoms with van der Waals surface area (Å²) in [5.41, 5.74) is 6.27. The summed E-state index contributed by atoms with van der Waals surface area (Å²) in [7, 11) is 0. The monoisotopic (exact) mass is 311 g/mol. The van der Waals surface area contributed by atoms with E-state index in [0.717, 1.165) is 10.4 Å². The highest BCUT2D eigenvalue weighted by Gasteiger charge is 2.07. The third-order valence-electron chi connectivity index (χ3n) is 2.27. The summed E-state index contributed by atoms with van der Waals surface area (Å²) in [6.07, 6.45) is 0. The first-order chi connectivity index (χ1) is 9.20. The molecule has 0 aliphatic carbocycles. The van der Waals surface area contributed by atoms with E-state index in [0.29, 0.717) is 28.9 Å². The minimum Gasteiger partial charge on any atom is -0.485 e. The highest BCUT2D eigenvalue weighted by atomic mass is 35.5. The highest BCUT2D eigenvalue weighted by molar-refractivity contribution is 7.10. The zero-order valence-electron chi connectivity index (χ0n) is 9.95. The molecular formula is C14H11Cl2NOS. The first-order valence-electron chi connectivity index (χ1n) is 5.54. The molecule has 1 aromatic carbocycles. The molecule has 0 saturated heterocycles. The molecule has 98 valence electrons. The summed E-state index contributed by atoms with van der Waals surface area (Å²) in [6, 6.07) is 7.24. The molecule has 0 fully saturated rings. The molecule has 0 aliphatic heterocycles. The van der Waals surface area contributed by atoms with Gasteiger partial charge in [0.05, 0.1) is 16.6 Å². The first-order valence-corrected chi connectivity index (χ1v) is 7.17. The fourth-order valence-corrected chi connectivity index (χ4v) is 2.67. The molecule has 0 unspecified atom stereocenters. The van der Waals surface area contributed by atoms with Crippen molar-refractivity contribution in [2.45, 2.75) is 6.61 Å². The van der Waals surface area contributed by atoms with Gasteiger partial charge in [-0.15, -0.1) is 11.3 Å². The molecule has 0 radical (unpaired) electrons. The molecule has 0 amide bonds. The Morgan fingerprint density at radius 2 is 2.00 bits per heavy atom. The molecule has 5 heteroatoms. The van der Waals surface area contributed by atoms with E-state index in [1.165, 1.54) is 0 Å². The smallest absolute Gasteiger partial charge is 0.157 e. The lowest BCUT2D eigenvalue weighted by Gasteiger charge is -2.08. The van der Waals surface area contributed by atoms with Crippen molar-refractivity contribution < 1.29 is 4.74 Å². The van der Waals surface area contributed by atoms with Crippen molar-refractivity contribution in [1.82, 2.24) is 0 Å². The zero-order valence-corrected chi connectivity index (χ0v) is 12.3. The van der Waals surface area contributed by atoms with Gasteiger partial charge in [0.25, 0.3) is 0 Å². The Morgan fingerprint density at radius 3 is 2.68 bits per heavy atom. The maximum absolute atomic E-state index is 6.03. The second-order valence-electron chi connectivity index (χ2n) is 3.65. The van der Waals surface area contributed by atoms with Crippen LogP contribution in [-0.4, -0.2) is 6.54 Å². The molecule has 0 atom stereocenters. The van der Waals surface area contributed by atoms with E-state index in [1.807, 2.05) is 11.4 Å². The fourth-order valence-electron chi connectivity index (χ4n) is 1.44. The van der Waals surface area contributed by atoms with E-state index in [9.17, 15) is 0 Å². The summed E-state index contributed by atoms with van der Waals surface area (Å²) in [5, 5.41) is 2.98. The van der Waals surface area contributed by atoms with Crippen LogP contribution in [0.5, 0.6) is 5.75 Å². The van der Waals surface area contributed by atoms with Crippen molar-refractivity contribution in [3.63, 3.8) is 0 Å². The number of hydrogen-bond acceptors (Lipinski definition) is 3. The number of benzene rings is 1. The number of hydrogen-bond donors (Lipinski definition) is 1. The molecule has 19 heavy (non-hydrogen) atoms. The molecule has 2 rings (SSSR count). The molecule has 0 aliphatic rings. The van der Waals surface area contributed by atoms with E-state index in [-0.39, 0.29) is 0 Å². The van der Waals surface area contributed by atoms with Crippen LogP contribution in [0.4, 0.5) is 0 Å². The summed E-state index contributed by atoms with van der Waals surface area (Å²) in [5.74, 6) is 6.29. The number of thiophene rings is 1. The number of halogens is 2. The number of rotatable bonds is 3. The van der Waals surface area contributed by atoms with Gasteiger partial charge in [-0.3, -0.25) is 0 Å². The molecule has 0 bridgehead atoms. The lowest BCUT2D eigenvalue weighted by Crippen LogP contribution is -1.94. The SMILES string of the molecule is NCC#Cc1csc(COc2c(Cl)cccc2Cl)c1. The third kappa shape index (κ3) is 3.89. The van der Waals surface area contributed by atoms with Gasteiger partial charge in [0.2, 0.25) is 0 Å². The number of nitrogens with two attached hydrogens (primary N) is 1. The third-order valence-corrected chi connectivity index (χ3v) is 3.77. The fraction of sp³-hybridized carbons (Fsp3) is 0.143. The molecular weight excluding hydrogens is 301 g/mol. The lowest BCUT2D eigenvalue weighted by molar-refractivity contribution is 0.310. The van der Waals surface area contributed by atoms with Crippen LogP contribution >= 0.6 is 34.5 Å². The van der Waals surface area contributed by atoms with Crippen LogP contribution in [-0.2, 0) is 6.61 Å². The lowest BCUT2D eigenvalue weighted by atomic mass is 10.3. The van der Waals surface area contributed by atoms with Gasteiger partial charge >= 0.3 is 0 Å².